The van der Waals surface area contributed by atoms with E-state index in [0.717, 1.165) is 4.47 Å². The number of thiocarbonyl (C=S) groups is 1. The molecule has 3 N–H and O–H groups in total. The number of nitrogens with two attached hydrogens (primary N) is 1. The van der Waals surface area contributed by atoms with Gasteiger partial charge in [0, 0.05) is 17.0 Å². The second kappa shape index (κ2) is 5.72. The highest BCUT2D eigenvalue weighted by Crippen LogP contribution is 2.22. The molecule has 1 heterocycles. The average Bonchev–Trinajstić information content (AvgIpc) is 2.68. The molecule has 0 aliphatic rings. The van der Waals surface area contributed by atoms with Gasteiger partial charge in [0.15, 0.2) is 5.89 Å². The molecule has 0 saturated carbocycles. The lowest BCUT2D eigenvalue weighted by Crippen LogP contribution is -2.17. The van der Waals surface area contributed by atoms with E-state index in [9.17, 15) is 4.79 Å². The van der Waals surface area contributed by atoms with Crippen molar-refractivity contribution in [1.82, 2.24) is 4.98 Å². The summed E-state index contributed by atoms with van der Waals surface area (Å²) in [6, 6.07) is 5.26. The molecule has 1 aromatic heterocycles. The SMILES string of the molecule is Cc1nc(C)c(C(=O)Nc2cc(Br)ccc2C(N)=S)o1. The van der Waals surface area contributed by atoms with Crippen molar-refractivity contribution in [1.29, 1.82) is 0 Å². The van der Waals surface area contributed by atoms with Crippen molar-refractivity contribution in [2.24, 2.45) is 5.73 Å². The summed E-state index contributed by atoms with van der Waals surface area (Å²) in [7, 11) is 0. The Hall–Kier alpha value is -1.73. The van der Waals surface area contributed by atoms with E-state index < -0.39 is 5.91 Å². The predicted molar refractivity (Wildman–Crippen MR) is 84.0 cm³/mol. The number of aromatic nitrogens is 1. The smallest absolute Gasteiger partial charge is 0.293 e. The number of aryl methyl sites for hydroxylation is 2. The molecule has 7 heteroatoms. The van der Waals surface area contributed by atoms with Crippen LogP contribution in [0, 0.1) is 13.8 Å². The summed E-state index contributed by atoms with van der Waals surface area (Å²) in [6.45, 7) is 3.39. The zero-order valence-electron chi connectivity index (χ0n) is 10.9. The molecule has 0 saturated heterocycles. The van der Waals surface area contributed by atoms with Crippen LogP contribution >= 0.6 is 28.1 Å². The Labute approximate surface area is 129 Å². The van der Waals surface area contributed by atoms with E-state index in [1.807, 2.05) is 0 Å². The number of oxazole rings is 1. The third kappa shape index (κ3) is 3.05. The van der Waals surface area contributed by atoms with Gasteiger partial charge in [0.1, 0.15) is 4.99 Å². The standard InChI is InChI=1S/C13H12BrN3O2S/c1-6-11(19-7(2)16-6)13(18)17-10-5-8(14)3-4-9(10)12(15)20/h3-5H,1-2H3,(H2,15,20)(H,17,18). The molecule has 0 aliphatic carbocycles. The van der Waals surface area contributed by atoms with Gasteiger partial charge in [-0.15, -0.1) is 0 Å². The van der Waals surface area contributed by atoms with Gasteiger partial charge in [-0.2, -0.15) is 0 Å². The molecule has 0 unspecified atom stereocenters. The Kier molecular flexibility index (Phi) is 4.20. The Morgan fingerprint density at radius 2 is 2.15 bits per heavy atom. The van der Waals surface area contributed by atoms with E-state index in [1.54, 1.807) is 32.0 Å². The molecule has 1 amide bonds. The van der Waals surface area contributed by atoms with Crippen LogP contribution in [0.1, 0.15) is 27.7 Å². The quantitative estimate of drug-likeness (QED) is 0.829. The Morgan fingerprint density at radius 1 is 1.45 bits per heavy atom. The normalized spacial score (nSPS) is 10.3. The van der Waals surface area contributed by atoms with Crippen LogP contribution in [0.3, 0.4) is 0 Å². The monoisotopic (exact) mass is 353 g/mol. The third-order valence-electron chi connectivity index (χ3n) is 2.61. The van der Waals surface area contributed by atoms with Crippen LogP contribution in [0.2, 0.25) is 0 Å². The van der Waals surface area contributed by atoms with Crippen LogP contribution in [0.15, 0.2) is 27.1 Å². The van der Waals surface area contributed by atoms with Gasteiger partial charge in [-0.3, -0.25) is 4.79 Å². The van der Waals surface area contributed by atoms with Gasteiger partial charge in [0.25, 0.3) is 5.91 Å². The Bertz CT molecular complexity index is 697. The maximum atomic E-state index is 12.2. The number of hydrogen-bond acceptors (Lipinski definition) is 4. The van der Waals surface area contributed by atoms with E-state index in [0.29, 0.717) is 22.8 Å². The van der Waals surface area contributed by atoms with Crippen molar-refractivity contribution in [3.05, 3.63) is 45.6 Å². The predicted octanol–water partition coefficient (Wildman–Crippen LogP) is 2.94. The maximum absolute atomic E-state index is 12.2. The highest BCUT2D eigenvalue weighted by molar-refractivity contribution is 9.10. The number of anilines is 1. The van der Waals surface area contributed by atoms with E-state index in [-0.39, 0.29) is 10.7 Å². The first kappa shape index (κ1) is 14.7. The molecular formula is C13H12BrN3O2S. The highest BCUT2D eigenvalue weighted by atomic mass is 79.9. The van der Waals surface area contributed by atoms with Crippen molar-refractivity contribution in [3.63, 3.8) is 0 Å². The lowest BCUT2D eigenvalue weighted by Gasteiger charge is -2.09. The molecular weight excluding hydrogens is 342 g/mol. The molecule has 0 radical (unpaired) electrons. The molecule has 2 aromatic rings. The summed E-state index contributed by atoms with van der Waals surface area (Å²) in [5.41, 5.74) is 7.28. The summed E-state index contributed by atoms with van der Waals surface area (Å²) >= 11 is 8.31. The minimum absolute atomic E-state index is 0.177. The van der Waals surface area contributed by atoms with Gasteiger partial charge < -0.3 is 15.5 Å². The largest absolute Gasteiger partial charge is 0.436 e. The Balaban J connectivity index is 2.34. The summed E-state index contributed by atoms with van der Waals surface area (Å²) in [4.78, 5) is 16.5. The lowest BCUT2D eigenvalue weighted by molar-refractivity contribution is 0.0994. The highest BCUT2D eigenvalue weighted by Gasteiger charge is 2.18. The van der Waals surface area contributed by atoms with Crippen LogP contribution in [0.25, 0.3) is 0 Å². The van der Waals surface area contributed by atoms with E-state index in [1.165, 1.54) is 0 Å². The van der Waals surface area contributed by atoms with Crippen LogP contribution in [0.4, 0.5) is 5.69 Å². The average molecular weight is 354 g/mol. The van der Waals surface area contributed by atoms with Crippen LogP contribution in [-0.4, -0.2) is 15.9 Å². The van der Waals surface area contributed by atoms with Crippen LogP contribution < -0.4 is 11.1 Å². The first-order valence-electron chi connectivity index (χ1n) is 5.73. The van der Waals surface area contributed by atoms with Crippen molar-refractivity contribution in [3.8, 4) is 0 Å². The van der Waals surface area contributed by atoms with Crippen molar-refractivity contribution in [2.75, 3.05) is 5.32 Å². The van der Waals surface area contributed by atoms with E-state index in [2.05, 4.69) is 26.2 Å². The zero-order valence-corrected chi connectivity index (χ0v) is 13.3. The van der Waals surface area contributed by atoms with Gasteiger partial charge in [0.05, 0.1) is 11.4 Å². The van der Waals surface area contributed by atoms with Gasteiger partial charge in [0.2, 0.25) is 5.76 Å². The van der Waals surface area contributed by atoms with Crippen molar-refractivity contribution in [2.45, 2.75) is 13.8 Å². The summed E-state index contributed by atoms with van der Waals surface area (Å²) in [5.74, 6) is 0.228. The number of nitrogens with one attached hydrogen (secondary N) is 1. The Morgan fingerprint density at radius 3 is 2.70 bits per heavy atom. The number of hydrogen-bond donors (Lipinski definition) is 2. The lowest BCUT2D eigenvalue weighted by atomic mass is 10.1. The number of benzene rings is 1. The first-order valence-corrected chi connectivity index (χ1v) is 6.93. The molecule has 104 valence electrons. The first-order chi connectivity index (χ1) is 9.38. The number of carbonyl (C=O) groups is 1. The zero-order chi connectivity index (χ0) is 14.9. The fourth-order valence-electron chi connectivity index (χ4n) is 1.76. The summed E-state index contributed by atoms with van der Waals surface area (Å²) < 4.78 is 6.08. The fraction of sp³-hybridized carbons (Fsp3) is 0.154. The molecule has 0 spiro atoms. The fourth-order valence-corrected chi connectivity index (χ4v) is 2.29. The number of amides is 1. The van der Waals surface area contributed by atoms with Gasteiger partial charge in [-0.1, -0.05) is 28.1 Å². The van der Waals surface area contributed by atoms with E-state index in [4.69, 9.17) is 22.4 Å². The van der Waals surface area contributed by atoms with Crippen LogP contribution in [0.5, 0.6) is 0 Å². The van der Waals surface area contributed by atoms with Gasteiger partial charge in [-0.25, -0.2) is 4.98 Å². The number of carbonyl (C=O) groups excluding carboxylic acids is 1. The third-order valence-corrected chi connectivity index (χ3v) is 3.32. The van der Waals surface area contributed by atoms with E-state index >= 15 is 0 Å². The minimum Gasteiger partial charge on any atom is -0.436 e. The number of halogens is 1. The molecule has 0 fully saturated rings. The topological polar surface area (TPSA) is 81.2 Å². The molecule has 0 bridgehead atoms. The maximum Gasteiger partial charge on any atom is 0.293 e. The minimum atomic E-state index is -0.390. The summed E-state index contributed by atoms with van der Waals surface area (Å²) in [6.07, 6.45) is 0. The van der Waals surface area contributed by atoms with Crippen molar-refractivity contribution >= 4 is 44.7 Å². The summed E-state index contributed by atoms with van der Waals surface area (Å²) in [5, 5.41) is 2.73. The molecule has 1 aromatic carbocycles. The molecule has 0 aliphatic heterocycles. The second-order valence-electron chi connectivity index (χ2n) is 4.16. The molecule has 2 rings (SSSR count). The van der Waals surface area contributed by atoms with Gasteiger partial charge >= 0.3 is 0 Å². The van der Waals surface area contributed by atoms with Crippen LogP contribution in [-0.2, 0) is 0 Å². The number of rotatable bonds is 3. The van der Waals surface area contributed by atoms with Gasteiger partial charge in [-0.05, 0) is 25.1 Å². The van der Waals surface area contributed by atoms with Crippen molar-refractivity contribution < 1.29 is 9.21 Å². The molecule has 0 atom stereocenters. The number of nitrogens with zero attached hydrogens (tertiary/aromatic N) is 1. The molecule has 20 heavy (non-hydrogen) atoms. The molecule has 5 nitrogen and oxygen atoms in total. The second-order valence-corrected chi connectivity index (χ2v) is 5.51.